The quantitative estimate of drug-likeness (QED) is 0.121. The van der Waals surface area contributed by atoms with E-state index < -0.39 is 114 Å². The van der Waals surface area contributed by atoms with Gasteiger partial charge in [0.1, 0.15) is 42.7 Å². The number of allylic oxidation sites excluding steroid dienone is 2. The van der Waals surface area contributed by atoms with E-state index in [0.717, 1.165) is 19.3 Å². The first kappa shape index (κ1) is 43.8. The highest BCUT2D eigenvalue weighted by atomic mass is 16.8. The fourth-order valence-corrected chi connectivity index (χ4v) is 13.3. The molecule has 2 heterocycles. The van der Waals surface area contributed by atoms with Crippen molar-refractivity contribution in [1.82, 2.24) is 0 Å². The summed E-state index contributed by atoms with van der Waals surface area (Å²) in [5.41, 5.74) is -1.71. The molecule has 0 radical (unpaired) electrons. The largest absolute Gasteiger partial charge is 0.394 e. The van der Waals surface area contributed by atoms with Gasteiger partial charge in [-0.2, -0.15) is 0 Å². The first-order valence-electron chi connectivity index (χ1n) is 20.8. The summed E-state index contributed by atoms with van der Waals surface area (Å²) in [5.74, 6) is -0.526. The Hall–Kier alpha value is -0.780. The summed E-state index contributed by atoms with van der Waals surface area (Å²) >= 11 is 0. The third-order valence-corrected chi connectivity index (χ3v) is 16.5. The van der Waals surface area contributed by atoms with Gasteiger partial charge in [-0.05, 0) is 124 Å². The zero-order valence-electron chi connectivity index (χ0n) is 34.4. The molecule has 13 nitrogen and oxygen atoms in total. The molecule has 2 aliphatic heterocycles. The van der Waals surface area contributed by atoms with Gasteiger partial charge in [0.05, 0.1) is 36.6 Å². The number of hydrogen-bond acceptors (Lipinski definition) is 13. The molecule has 0 amide bonds. The summed E-state index contributed by atoms with van der Waals surface area (Å²) in [7, 11) is 0. The Labute approximate surface area is 327 Å². The predicted molar refractivity (Wildman–Crippen MR) is 201 cm³/mol. The van der Waals surface area contributed by atoms with E-state index in [1.165, 1.54) is 12.5 Å². The van der Waals surface area contributed by atoms with Gasteiger partial charge in [0.2, 0.25) is 0 Å². The first-order valence-corrected chi connectivity index (χ1v) is 20.8. The zero-order valence-corrected chi connectivity index (χ0v) is 34.4. The maximum Gasteiger partial charge on any atom is 0.187 e. The highest BCUT2D eigenvalue weighted by molar-refractivity contribution is 5.22. The average Bonchev–Trinajstić information content (AvgIpc) is 3.49. The van der Waals surface area contributed by atoms with E-state index in [0.29, 0.717) is 32.1 Å². The van der Waals surface area contributed by atoms with Crippen LogP contribution in [0.4, 0.5) is 0 Å². The lowest BCUT2D eigenvalue weighted by Crippen LogP contribution is -2.71. The second kappa shape index (κ2) is 15.4. The summed E-state index contributed by atoms with van der Waals surface area (Å²) in [6.07, 6.45) is -8.99. The van der Waals surface area contributed by atoms with Gasteiger partial charge in [0.15, 0.2) is 12.6 Å². The van der Waals surface area contributed by atoms with Crippen LogP contribution < -0.4 is 0 Å². The third kappa shape index (κ3) is 7.10. The molecule has 4 saturated carbocycles. The summed E-state index contributed by atoms with van der Waals surface area (Å²) in [4.78, 5) is 0. The van der Waals surface area contributed by atoms with Crippen molar-refractivity contribution in [3.05, 3.63) is 11.6 Å². The molecular weight excluding hydrogens is 712 g/mol. The van der Waals surface area contributed by atoms with Crippen LogP contribution in [0.1, 0.15) is 114 Å². The Kier molecular flexibility index (Phi) is 12.2. The molecule has 9 N–H and O–H groups in total. The first-order chi connectivity index (χ1) is 25.5. The Morgan fingerprint density at radius 1 is 0.818 bits per heavy atom. The lowest BCUT2D eigenvalue weighted by Gasteiger charge is -2.72. The molecule has 318 valence electrons. The molecule has 0 bridgehead atoms. The minimum absolute atomic E-state index is 0.0411. The molecule has 2 saturated heterocycles. The number of aliphatic hydroxyl groups is 9. The lowest BCUT2D eigenvalue weighted by molar-refractivity contribution is -0.382. The Bertz CT molecular complexity index is 1390. The Morgan fingerprint density at radius 2 is 1.49 bits per heavy atom. The topological polar surface area (TPSA) is 219 Å². The van der Waals surface area contributed by atoms with Gasteiger partial charge < -0.3 is 64.9 Å². The normalized spacial score (nSPS) is 53.4. The number of aliphatic hydroxyl groups excluding tert-OH is 8. The minimum Gasteiger partial charge on any atom is -0.394 e. The van der Waals surface area contributed by atoms with Crippen LogP contribution in [-0.2, 0) is 18.9 Å². The van der Waals surface area contributed by atoms with Gasteiger partial charge in [-0.15, -0.1) is 0 Å². The smallest absolute Gasteiger partial charge is 0.187 e. The van der Waals surface area contributed by atoms with E-state index >= 15 is 0 Å². The highest BCUT2D eigenvalue weighted by Crippen LogP contribution is 2.76. The van der Waals surface area contributed by atoms with Crippen molar-refractivity contribution in [3.63, 3.8) is 0 Å². The molecule has 0 spiro atoms. The Morgan fingerprint density at radius 3 is 2.13 bits per heavy atom. The van der Waals surface area contributed by atoms with E-state index in [2.05, 4.69) is 40.7 Å². The lowest BCUT2D eigenvalue weighted by atomic mass is 9.34. The third-order valence-electron chi connectivity index (χ3n) is 16.5. The van der Waals surface area contributed by atoms with Crippen molar-refractivity contribution in [1.29, 1.82) is 0 Å². The van der Waals surface area contributed by atoms with E-state index in [4.69, 9.17) is 18.9 Å². The van der Waals surface area contributed by atoms with Crippen LogP contribution in [0.5, 0.6) is 0 Å². The van der Waals surface area contributed by atoms with E-state index in [1.807, 2.05) is 20.8 Å². The molecule has 55 heavy (non-hydrogen) atoms. The number of ether oxygens (including phenoxy) is 4. The van der Waals surface area contributed by atoms with Crippen LogP contribution in [-0.4, -0.2) is 138 Å². The molecular formula is C42H72O13. The van der Waals surface area contributed by atoms with Crippen LogP contribution in [0, 0.1) is 45.3 Å². The van der Waals surface area contributed by atoms with Gasteiger partial charge in [0, 0.05) is 0 Å². The molecule has 4 aliphatic carbocycles. The van der Waals surface area contributed by atoms with E-state index in [-0.39, 0.29) is 23.7 Å². The van der Waals surface area contributed by atoms with Crippen LogP contribution >= 0.6 is 0 Å². The van der Waals surface area contributed by atoms with Crippen molar-refractivity contribution in [2.75, 3.05) is 6.61 Å². The number of hydrogen-bond donors (Lipinski definition) is 9. The molecule has 0 aromatic rings. The molecule has 6 aliphatic rings. The van der Waals surface area contributed by atoms with E-state index in [9.17, 15) is 46.0 Å². The standard InChI is InChI=1S/C42H72O13/c1-20(2)11-10-14-42(9,51)22-12-16-40(7)28(22)23(44)17-26-39(6)15-13-27(45)38(4,5)35(39)24(18-41(26,40)8)53-37-34(32(49)30(47)25(19-43)54-37)55-36-33(50)31(48)29(46)21(3)52-36/h11,21-37,43-51H,10,12-19H2,1-9H3/t21-,22?,23+,24-,25+,26+,27-,28?,29-,30+,31+,32-,33+,34+,35-,36-,37+,39+,40+,41+,42-/m0/s1. The summed E-state index contributed by atoms with van der Waals surface area (Å²) in [6, 6.07) is 0. The molecule has 13 heteroatoms. The van der Waals surface area contributed by atoms with Crippen molar-refractivity contribution in [2.24, 2.45) is 45.3 Å². The molecule has 6 fully saturated rings. The van der Waals surface area contributed by atoms with Crippen LogP contribution in [0.15, 0.2) is 11.6 Å². The van der Waals surface area contributed by atoms with Gasteiger partial charge in [-0.25, -0.2) is 0 Å². The minimum atomic E-state index is -1.70. The van der Waals surface area contributed by atoms with Crippen molar-refractivity contribution < 1.29 is 64.9 Å². The van der Waals surface area contributed by atoms with Crippen molar-refractivity contribution >= 4 is 0 Å². The summed E-state index contributed by atoms with van der Waals surface area (Å²) < 4.78 is 25.1. The molecule has 21 atom stereocenters. The maximum absolute atomic E-state index is 12.3. The van der Waals surface area contributed by atoms with Crippen LogP contribution in [0.25, 0.3) is 0 Å². The monoisotopic (exact) mass is 784 g/mol. The SMILES string of the molecule is CC(C)=CCC[C@](C)(O)C1CC[C@]2(C)C1[C@H](O)C[C@@H]1[C@@]3(C)CC[C@H](O)C(C)(C)[C@@H]3[C@@H](O[C@@H]3O[C@H](CO)[C@@H](O)[C@H](O)[C@H]3O[C@@H]3O[C@@H](C)[C@H](O)[C@@H](O)[C@H]3O)C[C@]12C. The fourth-order valence-electron chi connectivity index (χ4n) is 13.3. The second-order valence-electron chi connectivity index (χ2n) is 20.3. The highest BCUT2D eigenvalue weighted by Gasteiger charge is 2.73. The van der Waals surface area contributed by atoms with Gasteiger partial charge in [-0.3, -0.25) is 0 Å². The number of rotatable bonds is 9. The predicted octanol–water partition coefficient (Wildman–Crippen LogP) is 2.15. The number of fused-ring (bicyclic) bond motifs is 5. The molecule has 2 unspecified atom stereocenters. The summed E-state index contributed by atoms with van der Waals surface area (Å²) in [6.45, 7) is 17.8. The van der Waals surface area contributed by atoms with Gasteiger partial charge in [0.25, 0.3) is 0 Å². The maximum atomic E-state index is 12.3. The molecule has 0 aromatic carbocycles. The van der Waals surface area contributed by atoms with Crippen LogP contribution in [0.2, 0.25) is 0 Å². The van der Waals surface area contributed by atoms with Gasteiger partial charge in [-0.1, -0.05) is 46.3 Å². The van der Waals surface area contributed by atoms with Gasteiger partial charge >= 0.3 is 0 Å². The van der Waals surface area contributed by atoms with Crippen LogP contribution in [0.3, 0.4) is 0 Å². The zero-order chi connectivity index (χ0) is 40.8. The Balaban J connectivity index is 1.38. The average molecular weight is 785 g/mol. The van der Waals surface area contributed by atoms with Crippen molar-refractivity contribution in [3.8, 4) is 0 Å². The molecule has 0 aromatic heterocycles. The second-order valence-corrected chi connectivity index (χ2v) is 20.3. The summed E-state index contributed by atoms with van der Waals surface area (Å²) in [5, 5.41) is 100. The van der Waals surface area contributed by atoms with Crippen molar-refractivity contribution in [2.45, 2.75) is 199 Å². The van der Waals surface area contributed by atoms with E-state index in [1.54, 1.807) is 0 Å². The molecule has 6 rings (SSSR count). The fraction of sp³-hybridized carbons (Fsp3) is 0.952.